The number of amides is 1. The Labute approximate surface area is 216 Å². The van der Waals surface area contributed by atoms with E-state index >= 15 is 0 Å². The van der Waals surface area contributed by atoms with Crippen molar-refractivity contribution < 1.29 is 9.53 Å². The SMILES string of the molecule is CCCn1c(C)c(/C=N/NC(=O)c2cc(-c3ccc(OC)cc3)nc3ccccc23)c2cc(C)ccc21. The summed E-state index contributed by atoms with van der Waals surface area (Å²) >= 11 is 0. The first kappa shape index (κ1) is 24.3. The standard InChI is InChI=1S/C31H30N4O2/c1-5-16-35-21(3)27(25-17-20(2)10-15-30(25)35)19-32-34-31(36)26-18-29(22-11-13-23(37-4)14-12-22)33-28-9-7-6-8-24(26)28/h6-15,17-19H,5,16H2,1-4H3,(H,34,36)/b32-19+. The molecule has 6 heteroatoms. The number of para-hydroxylation sites is 1. The van der Waals surface area contributed by atoms with Crippen molar-refractivity contribution in [2.75, 3.05) is 7.11 Å². The average molecular weight is 491 g/mol. The maximum Gasteiger partial charge on any atom is 0.272 e. The quantitative estimate of drug-likeness (QED) is 0.205. The molecule has 0 fully saturated rings. The predicted molar refractivity (Wildman–Crippen MR) is 150 cm³/mol. The molecule has 3 aromatic carbocycles. The van der Waals surface area contributed by atoms with E-state index in [1.807, 2.05) is 54.6 Å². The van der Waals surface area contributed by atoms with Gasteiger partial charge in [0.25, 0.3) is 5.91 Å². The molecule has 0 radical (unpaired) electrons. The monoisotopic (exact) mass is 490 g/mol. The topological polar surface area (TPSA) is 68.5 Å². The number of benzene rings is 3. The average Bonchev–Trinajstić information content (AvgIpc) is 3.18. The highest BCUT2D eigenvalue weighted by Gasteiger charge is 2.15. The number of fused-ring (bicyclic) bond motifs is 2. The van der Waals surface area contributed by atoms with Gasteiger partial charge in [-0.25, -0.2) is 10.4 Å². The molecule has 0 saturated carbocycles. The molecule has 6 nitrogen and oxygen atoms in total. The predicted octanol–water partition coefficient (Wildman–Crippen LogP) is 6.66. The number of pyridine rings is 1. The number of nitrogens with one attached hydrogen (secondary N) is 1. The third-order valence-electron chi connectivity index (χ3n) is 6.68. The van der Waals surface area contributed by atoms with Gasteiger partial charge in [-0.15, -0.1) is 0 Å². The number of hydrogen-bond donors (Lipinski definition) is 1. The van der Waals surface area contributed by atoms with Crippen molar-refractivity contribution >= 4 is 33.9 Å². The second-order valence-corrected chi connectivity index (χ2v) is 9.17. The highest BCUT2D eigenvalue weighted by Crippen LogP contribution is 2.28. The molecule has 0 aliphatic rings. The Hall–Kier alpha value is -4.45. The lowest BCUT2D eigenvalue weighted by atomic mass is 10.0. The van der Waals surface area contributed by atoms with Crippen molar-refractivity contribution in [3.8, 4) is 17.0 Å². The molecule has 0 saturated heterocycles. The van der Waals surface area contributed by atoms with Gasteiger partial charge in [-0.05, 0) is 68.8 Å². The number of aryl methyl sites for hydroxylation is 2. The summed E-state index contributed by atoms with van der Waals surface area (Å²) in [5.41, 5.74) is 10.2. The van der Waals surface area contributed by atoms with Crippen LogP contribution in [0.15, 0.2) is 77.9 Å². The second-order valence-electron chi connectivity index (χ2n) is 9.17. The van der Waals surface area contributed by atoms with Gasteiger partial charge >= 0.3 is 0 Å². The summed E-state index contributed by atoms with van der Waals surface area (Å²) in [4.78, 5) is 18.1. The summed E-state index contributed by atoms with van der Waals surface area (Å²) in [5.74, 6) is 0.485. The minimum Gasteiger partial charge on any atom is -0.497 e. The van der Waals surface area contributed by atoms with E-state index < -0.39 is 0 Å². The van der Waals surface area contributed by atoms with Crippen LogP contribution in [0.4, 0.5) is 0 Å². The minimum absolute atomic E-state index is 0.282. The molecule has 186 valence electrons. The zero-order valence-corrected chi connectivity index (χ0v) is 21.6. The van der Waals surface area contributed by atoms with Gasteiger partial charge in [-0.3, -0.25) is 4.79 Å². The van der Waals surface area contributed by atoms with Crippen LogP contribution in [-0.2, 0) is 6.54 Å². The first-order valence-electron chi connectivity index (χ1n) is 12.5. The van der Waals surface area contributed by atoms with Crippen molar-refractivity contribution in [1.29, 1.82) is 0 Å². The number of rotatable bonds is 7. The lowest BCUT2D eigenvalue weighted by Crippen LogP contribution is -2.18. The number of aromatic nitrogens is 2. The van der Waals surface area contributed by atoms with Crippen molar-refractivity contribution in [1.82, 2.24) is 15.0 Å². The summed E-state index contributed by atoms with van der Waals surface area (Å²) < 4.78 is 7.59. The van der Waals surface area contributed by atoms with E-state index in [1.165, 1.54) is 11.1 Å². The summed E-state index contributed by atoms with van der Waals surface area (Å²) in [5, 5.41) is 6.30. The molecule has 5 rings (SSSR count). The number of nitrogens with zero attached hydrogens (tertiary/aromatic N) is 3. The van der Waals surface area contributed by atoms with Crippen LogP contribution in [0.1, 0.15) is 40.5 Å². The Morgan fingerprint density at radius 3 is 2.57 bits per heavy atom. The van der Waals surface area contributed by atoms with Gasteiger partial charge in [0.1, 0.15) is 5.75 Å². The van der Waals surface area contributed by atoms with E-state index in [9.17, 15) is 4.79 Å². The van der Waals surface area contributed by atoms with Crippen molar-refractivity contribution in [2.24, 2.45) is 5.10 Å². The van der Waals surface area contributed by atoms with Gasteiger partial charge < -0.3 is 9.30 Å². The molecule has 0 atom stereocenters. The number of hydrazone groups is 1. The highest BCUT2D eigenvalue weighted by atomic mass is 16.5. The largest absolute Gasteiger partial charge is 0.497 e. The first-order valence-corrected chi connectivity index (χ1v) is 12.5. The van der Waals surface area contributed by atoms with Gasteiger partial charge in [-0.1, -0.05) is 36.8 Å². The third-order valence-corrected chi connectivity index (χ3v) is 6.68. The Morgan fingerprint density at radius 2 is 1.81 bits per heavy atom. The van der Waals surface area contributed by atoms with E-state index in [1.54, 1.807) is 13.3 Å². The van der Waals surface area contributed by atoms with Crippen LogP contribution in [0, 0.1) is 13.8 Å². The molecule has 0 spiro atoms. The summed E-state index contributed by atoms with van der Waals surface area (Å²) in [6.07, 6.45) is 2.80. The maximum absolute atomic E-state index is 13.4. The molecule has 1 N–H and O–H groups in total. The van der Waals surface area contributed by atoms with Crippen LogP contribution in [0.25, 0.3) is 33.1 Å². The molecule has 0 aliphatic heterocycles. The number of methoxy groups -OCH3 is 1. The fourth-order valence-corrected chi connectivity index (χ4v) is 4.79. The van der Waals surface area contributed by atoms with Gasteiger partial charge in [0.05, 0.1) is 30.1 Å². The van der Waals surface area contributed by atoms with Crippen LogP contribution < -0.4 is 10.2 Å². The van der Waals surface area contributed by atoms with Gasteiger partial charge in [-0.2, -0.15) is 5.10 Å². The maximum atomic E-state index is 13.4. The second kappa shape index (κ2) is 10.3. The summed E-state index contributed by atoms with van der Waals surface area (Å²) in [6.45, 7) is 7.30. The Balaban J connectivity index is 1.49. The lowest BCUT2D eigenvalue weighted by molar-refractivity contribution is 0.0956. The van der Waals surface area contributed by atoms with Crippen molar-refractivity contribution in [3.05, 3.63) is 95.2 Å². The van der Waals surface area contributed by atoms with E-state index in [0.717, 1.165) is 51.8 Å². The van der Waals surface area contributed by atoms with Gasteiger partial charge in [0.2, 0.25) is 0 Å². The van der Waals surface area contributed by atoms with Crippen molar-refractivity contribution in [2.45, 2.75) is 33.7 Å². The normalized spacial score (nSPS) is 11.5. The molecule has 0 bridgehead atoms. The van der Waals surface area contributed by atoms with Gasteiger partial charge in [0, 0.05) is 39.7 Å². The van der Waals surface area contributed by atoms with Crippen LogP contribution in [0.5, 0.6) is 5.75 Å². The summed E-state index contributed by atoms with van der Waals surface area (Å²) in [6, 6.07) is 23.6. The fraction of sp³-hybridized carbons (Fsp3) is 0.194. The van der Waals surface area contributed by atoms with Gasteiger partial charge in [0.15, 0.2) is 0 Å². The van der Waals surface area contributed by atoms with E-state index in [4.69, 9.17) is 9.72 Å². The van der Waals surface area contributed by atoms with Crippen LogP contribution in [0.2, 0.25) is 0 Å². The Morgan fingerprint density at radius 1 is 1.03 bits per heavy atom. The number of ether oxygens (including phenoxy) is 1. The Bertz CT molecular complexity index is 1630. The van der Waals surface area contributed by atoms with E-state index in [0.29, 0.717) is 11.3 Å². The number of carbonyl (C=O) groups is 1. The molecular formula is C31H30N4O2. The van der Waals surface area contributed by atoms with Crippen LogP contribution >= 0.6 is 0 Å². The molecule has 5 aromatic rings. The molecule has 0 aliphatic carbocycles. The lowest BCUT2D eigenvalue weighted by Gasteiger charge is -2.09. The zero-order chi connectivity index (χ0) is 25.9. The number of hydrogen-bond acceptors (Lipinski definition) is 4. The zero-order valence-electron chi connectivity index (χ0n) is 21.6. The molecule has 2 heterocycles. The molecule has 2 aromatic heterocycles. The van der Waals surface area contributed by atoms with Crippen LogP contribution in [-0.4, -0.2) is 28.8 Å². The summed E-state index contributed by atoms with van der Waals surface area (Å²) in [7, 11) is 1.64. The fourth-order valence-electron chi connectivity index (χ4n) is 4.79. The minimum atomic E-state index is -0.282. The van der Waals surface area contributed by atoms with E-state index in [-0.39, 0.29) is 5.91 Å². The molecule has 0 unspecified atom stereocenters. The third kappa shape index (κ3) is 4.70. The van der Waals surface area contributed by atoms with E-state index in [2.05, 4.69) is 54.1 Å². The molecule has 1 amide bonds. The molecule has 37 heavy (non-hydrogen) atoms. The van der Waals surface area contributed by atoms with Crippen LogP contribution in [0.3, 0.4) is 0 Å². The van der Waals surface area contributed by atoms with Crippen molar-refractivity contribution in [3.63, 3.8) is 0 Å². The molecular weight excluding hydrogens is 460 g/mol. The smallest absolute Gasteiger partial charge is 0.272 e. The Kier molecular flexibility index (Phi) is 6.73. The first-order chi connectivity index (χ1) is 18.0. The highest BCUT2D eigenvalue weighted by molar-refractivity contribution is 6.08. The number of carbonyl (C=O) groups excluding carboxylic acids is 1.